The van der Waals surface area contributed by atoms with Gasteiger partial charge in [-0.25, -0.2) is 13.2 Å². The van der Waals surface area contributed by atoms with Crippen molar-refractivity contribution in [3.8, 4) is 5.75 Å². The van der Waals surface area contributed by atoms with Crippen molar-refractivity contribution in [2.45, 2.75) is 13.0 Å². The molecule has 0 saturated heterocycles. The molecule has 0 heterocycles. The maximum Gasteiger partial charge on any atom is 0.265 e. The molecular formula is C15H10Cl2F3NO2. The lowest BCUT2D eigenvalue weighted by Gasteiger charge is -2.15. The second-order valence-corrected chi connectivity index (χ2v) is 5.45. The van der Waals surface area contributed by atoms with E-state index in [1.165, 1.54) is 25.1 Å². The highest BCUT2D eigenvalue weighted by molar-refractivity contribution is 6.34. The number of ether oxygens (including phenoxy) is 1. The van der Waals surface area contributed by atoms with Crippen molar-refractivity contribution >= 4 is 34.8 Å². The van der Waals surface area contributed by atoms with Crippen LogP contribution in [-0.4, -0.2) is 12.0 Å². The molecule has 0 radical (unpaired) electrons. The third-order valence-corrected chi connectivity index (χ3v) is 3.25. The van der Waals surface area contributed by atoms with E-state index in [9.17, 15) is 18.0 Å². The summed E-state index contributed by atoms with van der Waals surface area (Å²) in [4.78, 5) is 12.0. The molecule has 0 aliphatic heterocycles. The monoisotopic (exact) mass is 363 g/mol. The lowest BCUT2D eigenvalue weighted by atomic mass is 10.2. The van der Waals surface area contributed by atoms with Crippen LogP contribution < -0.4 is 10.1 Å². The van der Waals surface area contributed by atoms with E-state index in [1.807, 2.05) is 0 Å². The molecule has 1 N–H and O–H groups in total. The zero-order valence-corrected chi connectivity index (χ0v) is 13.2. The molecule has 2 aromatic rings. The van der Waals surface area contributed by atoms with Crippen LogP contribution in [0.5, 0.6) is 5.75 Å². The van der Waals surface area contributed by atoms with E-state index in [0.29, 0.717) is 16.1 Å². The van der Waals surface area contributed by atoms with Crippen molar-refractivity contribution in [2.75, 3.05) is 5.32 Å². The van der Waals surface area contributed by atoms with Gasteiger partial charge < -0.3 is 10.1 Å². The van der Waals surface area contributed by atoms with Gasteiger partial charge in [0.2, 0.25) is 0 Å². The van der Waals surface area contributed by atoms with Crippen LogP contribution in [0.4, 0.5) is 18.9 Å². The summed E-state index contributed by atoms with van der Waals surface area (Å²) < 4.78 is 44.8. The van der Waals surface area contributed by atoms with Gasteiger partial charge in [-0.1, -0.05) is 23.2 Å². The van der Waals surface area contributed by atoms with E-state index in [2.05, 4.69) is 5.32 Å². The number of hydrogen-bond donors (Lipinski definition) is 1. The highest BCUT2D eigenvalue weighted by atomic mass is 35.5. The largest absolute Gasteiger partial charge is 0.481 e. The Hall–Kier alpha value is -1.92. The summed E-state index contributed by atoms with van der Waals surface area (Å²) >= 11 is 11.6. The summed E-state index contributed by atoms with van der Waals surface area (Å²) in [7, 11) is 0. The van der Waals surface area contributed by atoms with Gasteiger partial charge in [-0.3, -0.25) is 4.79 Å². The Morgan fingerprint density at radius 2 is 1.70 bits per heavy atom. The molecular weight excluding hydrogens is 354 g/mol. The van der Waals surface area contributed by atoms with Gasteiger partial charge in [0, 0.05) is 10.0 Å². The molecule has 23 heavy (non-hydrogen) atoms. The molecule has 0 aliphatic carbocycles. The molecule has 0 unspecified atom stereocenters. The number of amides is 1. The summed E-state index contributed by atoms with van der Waals surface area (Å²) in [6.45, 7) is 1.39. The number of carbonyl (C=O) groups is 1. The van der Waals surface area contributed by atoms with Crippen LogP contribution in [0.2, 0.25) is 10.0 Å². The third-order valence-electron chi connectivity index (χ3n) is 2.81. The van der Waals surface area contributed by atoms with Crippen molar-refractivity contribution in [1.29, 1.82) is 0 Å². The van der Waals surface area contributed by atoms with Crippen molar-refractivity contribution in [3.63, 3.8) is 0 Å². The Bertz CT molecular complexity index is 735. The maximum atomic E-state index is 13.5. The highest BCUT2D eigenvalue weighted by Gasteiger charge is 2.20. The molecule has 0 bridgehead atoms. The first-order valence-electron chi connectivity index (χ1n) is 6.35. The normalized spacial score (nSPS) is 11.9. The number of halogens is 5. The zero-order chi connectivity index (χ0) is 17.1. The number of hydrogen-bond acceptors (Lipinski definition) is 2. The molecule has 0 spiro atoms. The number of anilines is 1. The van der Waals surface area contributed by atoms with Crippen LogP contribution in [-0.2, 0) is 4.79 Å². The van der Waals surface area contributed by atoms with E-state index in [1.54, 1.807) is 0 Å². The van der Waals surface area contributed by atoms with Gasteiger partial charge in [0.15, 0.2) is 23.6 Å². The zero-order valence-electron chi connectivity index (χ0n) is 11.7. The molecule has 122 valence electrons. The van der Waals surface area contributed by atoms with Crippen molar-refractivity contribution in [3.05, 3.63) is 57.8 Å². The molecule has 0 aliphatic rings. The predicted octanol–water partition coefficient (Wildman–Crippen LogP) is 4.82. The second kappa shape index (κ2) is 7.10. The van der Waals surface area contributed by atoms with Crippen LogP contribution in [0.25, 0.3) is 0 Å². The van der Waals surface area contributed by atoms with Gasteiger partial charge in [-0.05, 0) is 37.3 Å². The quantitative estimate of drug-likeness (QED) is 0.791. The van der Waals surface area contributed by atoms with E-state index in [-0.39, 0.29) is 5.75 Å². The Morgan fingerprint density at radius 1 is 1.09 bits per heavy atom. The Kier molecular flexibility index (Phi) is 5.38. The van der Waals surface area contributed by atoms with Gasteiger partial charge in [-0.15, -0.1) is 0 Å². The van der Waals surface area contributed by atoms with E-state index >= 15 is 0 Å². The van der Waals surface area contributed by atoms with Gasteiger partial charge in [-0.2, -0.15) is 0 Å². The fourth-order valence-corrected chi connectivity index (χ4v) is 2.22. The number of benzene rings is 2. The fourth-order valence-electron chi connectivity index (χ4n) is 1.71. The molecule has 0 saturated carbocycles. The van der Waals surface area contributed by atoms with E-state index < -0.39 is 35.2 Å². The smallest absolute Gasteiger partial charge is 0.265 e. The third kappa shape index (κ3) is 4.30. The summed E-state index contributed by atoms with van der Waals surface area (Å²) in [6, 6.07) is 5.98. The molecule has 1 atom stereocenters. The molecule has 3 nitrogen and oxygen atoms in total. The lowest BCUT2D eigenvalue weighted by Crippen LogP contribution is -2.30. The van der Waals surface area contributed by atoms with Crippen LogP contribution in [0.3, 0.4) is 0 Å². The summed E-state index contributed by atoms with van der Waals surface area (Å²) in [5.74, 6) is -5.03. The lowest BCUT2D eigenvalue weighted by molar-refractivity contribution is -0.122. The summed E-state index contributed by atoms with van der Waals surface area (Å²) in [5.41, 5.74) is -0.492. The van der Waals surface area contributed by atoms with E-state index in [0.717, 1.165) is 6.07 Å². The first kappa shape index (κ1) is 17.4. The SMILES string of the molecule is C[C@@H](Oc1cc(Cl)cc(Cl)c1)C(=O)Nc1ccc(F)c(F)c1F. The summed E-state index contributed by atoms with van der Waals surface area (Å²) in [6.07, 6.45) is -1.06. The van der Waals surface area contributed by atoms with Crippen molar-refractivity contribution < 1.29 is 22.7 Å². The standard InChI is InChI=1S/C15H10Cl2F3NO2/c1-7(23-10-5-8(16)4-9(17)6-10)15(22)21-12-3-2-11(18)13(19)14(12)20/h2-7H,1H3,(H,21,22)/t7-/m1/s1. The minimum Gasteiger partial charge on any atom is -0.481 e. The average molecular weight is 364 g/mol. The van der Waals surface area contributed by atoms with Gasteiger partial charge >= 0.3 is 0 Å². The predicted molar refractivity (Wildman–Crippen MR) is 81.5 cm³/mol. The number of nitrogens with one attached hydrogen (secondary N) is 1. The summed E-state index contributed by atoms with van der Waals surface area (Å²) in [5, 5.41) is 2.74. The topological polar surface area (TPSA) is 38.3 Å². The van der Waals surface area contributed by atoms with Crippen molar-refractivity contribution in [1.82, 2.24) is 0 Å². The van der Waals surface area contributed by atoms with Gasteiger partial charge in [0.1, 0.15) is 5.75 Å². The molecule has 0 fully saturated rings. The van der Waals surface area contributed by atoms with Crippen LogP contribution in [0, 0.1) is 17.5 Å². The van der Waals surface area contributed by atoms with Gasteiger partial charge in [0.05, 0.1) is 5.69 Å². The Morgan fingerprint density at radius 3 is 2.30 bits per heavy atom. The van der Waals surface area contributed by atoms with Gasteiger partial charge in [0.25, 0.3) is 5.91 Å². The maximum absolute atomic E-state index is 13.5. The minimum absolute atomic E-state index is 0.232. The minimum atomic E-state index is -1.67. The van der Waals surface area contributed by atoms with Crippen LogP contribution in [0.1, 0.15) is 6.92 Å². The first-order chi connectivity index (χ1) is 10.8. The Labute approximate surface area is 140 Å². The number of carbonyl (C=O) groups excluding carboxylic acids is 1. The highest BCUT2D eigenvalue weighted by Crippen LogP contribution is 2.25. The second-order valence-electron chi connectivity index (χ2n) is 4.58. The molecule has 2 aromatic carbocycles. The molecule has 0 aromatic heterocycles. The van der Waals surface area contributed by atoms with Crippen LogP contribution >= 0.6 is 23.2 Å². The Balaban J connectivity index is 2.10. The number of rotatable bonds is 4. The van der Waals surface area contributed by atoms with Crippen LogP contribution in [0.15, 0.2) is 30.3 Å². The van der Waals surface area contributed by atoms with Crippen molar-refractivity contribution in [2.24, 2.45) is 0 Å². The molecule has 1 amide bonds. The fraction of sp³-hybridized carbons (Fsp3) is 0.133. The average Bonchev–Trinajstić information content (AvgIpc) is 2.46. The first-order valence-corrected chi connectivity index (χ1v) is 7.10. The molecule has 8 heteroatoms. The molecule has 2 rings (SSSR count). The van der Waals surface area contributed by atoms with E-state index in [4.69, 9.17) is 27.9 Å².